The fraction of sp³-hybridized carbons (Fsp3) is 0.714. The van der Waals surface area contributed by atoms with Gasteiger partial charge in [-0.3, -0.25) is 0 Å². The van der Waals surface area contributed by atoms with E-state index in [1.807, 2.05) is 19.2 Å². The summed E-state index contributed by atoms with van der Waals surface area (Å²) in [5.41, 5.74) is 0.215. The number of hydrogen-bond donors (Lipinski definition) is 1. The lowest BCUT2D eigenvalue weighted by Gasteiger charge is -2.17. The Labute approximate surface area is 51.8 Å². The van der Waals surface area contributed by atoms with Gasteiger partial charge in [0, 0.05) is 5.54 Å². The maximum Gasteiger partial charge on any atom is 0.0283 e. The number of rotatable bonds is 1. The highest BCUT2D eigenvalue weighted by molar-refractivity contribution is 4.82. The van der Waals surface area contributed by atoms with E-state index < -0.39 is 0 Å². The van der Waals surface area contributed by atoms with Gasteiger partial charge in [-0.1, -0.05) is 6.08 Å². The molecule has 0 aliphatic rings. The van der Waals surface area contributed by atoms with Crippen molar-refractivity contribution in [3.05, 3.63) is 12.3 Å². The smallest absolute Gasteiger partial charge is 0.0283 e. The van der Waals surface area contributed by atoms with Crippen LogP contribution in [0, 0.1) is 0 Å². The second-order valence-electron chi connectivity index (χ2n) is 2.89. The van der Waals surface area contributed by atoms with Crippen molar-refractivity contribution in [2.75, 3.05) is 0 Å². The van der Waals surface area contributed by atoms with Crippen LogP contribution >= 0.6 is 0 Å². The van der Waals surface area contributed by atoms with Crippen LogP contribution in [0.5, 0.6) is 0 Å². The van der Waals surface area contributed by atoms with Gasteiger partial charge in [-0.25, -0.2) is 0 Å². The van der Waals surface area contributed by atoms with Gasteiger partial charge in [-0.15, -0.1) is 0 Å². The van der Waals surface area contributed by atoms with Crippen LogP contribution in [-0.2, 0) is 0 Å². The van der Waals surface area contributed by atoms with Crippen LogP contribution < -0.4 is 5.32 Å². The maximum atomic E-state index is 3.19. The van der Waals surface area contributed by atoms with Crippen molar-refractivity contribution in [2.24, 2.45) is 0 Å². The first-order valence-corrected chi connectivity index (χ1v) is 2.95. The van der Waals surface area contributed by atoms with Crippen molar-refractivity contribution in [1.82, 2.24) is 5.32 Å². The van der Waals surface area contributed by atoms with Crippen molar-refractivity contribution in [3.8, 4) is 0 Å². The number of nitrogens with one attached hydrogen (secondary N) is 1. The van der Waals surface area contributed by atoms with Crippen LogP contribution in [0.3, 0.4) is 0 Å². The zero-order valence-electron chi connectivity index (χ0n) is 6.15. The molecule has 0 radical (unpaired) electrons. The van der Waals surface area contributed by atoms with E-state index in [4.69, 9.17) is 0 Å². The van der Waals surface area contributed by atoms with E-state index in [1.54, 1.807) is 0 Å². The van der Waals surface area contributed by atoms with Gasteiger partial charge in [-0.05, 0) is 33.9 Å². The largest absolute Gasteiger partial charge is 0.387 e. The Morgan fingerprint density at radius 3 is 1.88 bits per heavy atom. The molecule has 48 valence electrons. The van der Waals surface area contributed by atoms with E-state index in [9.17, 15) is 0 Å². The Bertz CT molecular complexity index is 76.9. The third-order valence-corrected chi connectivity index (χ3v) is 0.683. The molecule has 0 fully saturated rings. The molecule has 0 heterocycles. The minimum absolute atomic E-state index is 0.215. The molecular formula is C7H15N. The van der Waals surface area contributed by atoms with E-state index in [0.717, 1.165) is 0 Å². The summed E-state index contributed by atoms with van der Waals surface area (Å²) in [6, 6.07) is 0. The Morgan fingerprint density at radius 2 is 1.75 bits per heavy atom. The van der Waals surface area contributed by atoms with Gasteiger partial charge in [0.25, 0.3) is 0 Å². The van der Waals surface area contributed by atoms with Gasteiger partial charge < -0.3 is 5.32 Å². The Balaban J connectivity index is 3.39. The van der Waals surface area contributed by atoms with E-state index in [0.29, 0.717) is 0 Å². The summed E-state index contributed by atoms with van der Waals surface area (Å²) in [6.07, 6.45) is 3.95. The van der Waals surface area contributed by atoms with Gasteiger partial charge >= 0.3 is 0 Å². The van der Waals surface area contributed by atoms with Gasteiger partial charge in [-0.2, -0.15) is 0 Å². The standard InChI is InChI=1S/C7H15N/c1-5-6-8-7(2,3)4/h5-6,8H,1-4H3. The lowest BCUT2D eigenvalue weighted by molar-refractivity contribution is 0.491. The molecule has 1 heteroatoms. The summed E-state index contributed by atoms with van der Waals surface area (Å²) in [7, 11) is 0. The Hall–Kier alpha value is -0.460. The first-order chi connectivity index (χ1) is 3.56. The third-order valence-electron chi connectivity index (χ3n) is 0.683. The second kappa shape index (κ2) is 2.75. The van der Waals surface area contributed by atoms with Crippen LogP contribution in [0.2, 0.25) is 0 Å². The first kappa shape index (κ1) is 7.54. The summed E-state index contributed by atoms with van der Waals surface area (Å²) in [4.78, 5) is 0. The van der Waals surface area contributed by atoms with Crippen LogP contribution in [-0.4, -0.2) is 5.54 Å². The normalized spacial score (nSPS) is 12.5. The van der Waals surface area contributed by atoms with Gasteiger partial charge in [0.2, 0.25) is 0 Å². The zero-order chi connectivity index (χ0) is 6.62. The third kappa shape index (κ3) is 5.54. The minimum Gasteiger partial charge on any atom is -0.387 e. The second-order valence-corrected chi connectivity index (χ2v) is 2.89. The van der Waals surface area contributed by atoms with E-state index in [1.165, 1.54) is 0 Å². The molecular weight excluding hydrogens is 98.1 g/mol. The van der Waals surface area contributed by atoms with Crippen LogP contribution in [0.15, 0.2) is 12.3 Å². The summed E-state index contributed by atoms with van der Waals surface area (Å²) < 4.78 is 0. The molecule has 0 aromatic carbocycles. The fourth-order valence-corrected chi connectivity index (χ4v) is 0.333. The molecule has 0 saturated heterocycles. The highest BCUT2D eigenvalue weighted by Gasteiger charge is 2.03. The summed E-state index contributed by atoms with van der Waals surface area (Å²) in [5.74, 6) is 0. The summed E-state index contributed by atoms with van der Waals surface area (Å²) in [6.45, 7) is 8.39. The predicted octanol–water partition coefficient (Wildman–Crippen LogP) is 1.91. The number of hydrogen-bond acceptors (Lipinski definition) is 1. The van der Waals surface area contributed by atoms with E-state index >= 15 is 0 Å². The average molecular weight is 113 g/mol. The average Bonchev–Trinajstić information content (AvgIpc) is 1.59. The molecule has 0 atom stereocenters. The first-order valence-electron chi connectivity index (χ1n) is 2.95. The topological polar surface area (TPSA) is 12.0 Å². The molecule has 8 heavy (non-hydrogen) atoms. The highest BCUT2D eigenvalue weighted by atomic mass is 14.9. The van der Waals surface area contributed by atoms with Crippen LogP contribution in [0.25, 0.3) is 0 Å². The Kier molecular flexibility index (Phi) is 2.59. The molecule has 0 amide bonds. The molecule has 0 aromatic heterocycles. The number of allylic oxidation sites excluding steroid dienone is 1. The molecule has 0 aliphatic carbocycles. The lowest BCUT2D eigenvalue weighted by Crippen LogP contribution is -2.30. The quantitative estimate of drug-likeness (QED) is 0.547. The monoisotopic (exact) mass is 113 g/mol. The van der Waals surface area contributed by atoms with Crippen molar-refractivity contribution in [2.45, 2.75) is 33.2 Å². The molecule has 1 nitrogen and oxygen atoms in total. The lowest BCUT2D eigenvalue weighted by atomic mass is 10.1. The molecule has 0 unspecified atom stereocenters. The van der Waals surface area contributed by atoms with Crippen molar-refractivity contribution < 1.29 is 0 Å². The van der Waals surface area contributed by atoms with E-state index in [-0.39, 0.29) is 5.54 Å². The molecule has 0 aromatic rings. The SMILES string of the molecule is CC=CNC(C)(C)C. The maximum absolute atomic E-state index is 3.19. The molecule has 0 rings (SSSR count). The van der Waals surface area contributed by atoms with E-state index in [2.05, 4.69) is 26.1 Å². The van der Waals surface area contributed by atoms with Crippen LogP contribution in [0.4, 0.5) is 0 Å². The van der Waals surface area contributed by atoms with Crippen LogP contribution in [0.1, 0.15) is 27.7 Å². The van der Waals surface area contributed by atoms with Crippen molar-refractivity contribution in [1.29, 1.82) is 0 Å². The molecule has 0 saturated carbocycles. The van der Waals surface area contributed by atoms with Gasteiger partial charge in [0.1, 0.15) is 0 Å². The fourth-order valence-electron chi connectivity index (χ4n) is 0.333. The minimum atomic E-state index is 0.215. The molecule has 0 bridgehead atoms. The Morgan fingerprint density at radius 1 is 1.25 bits per heavy atom. The summed E-state index contributed by atoms with van der Waals surface area (Å²) in [5, 5.41) is 3.19. The zero-order valence-corrected chi connectivity index (χ0v) is 6.15. The summed E-state index contributed by atoms with van der Waals surface area (Å²) >= 11 is 0. The molecule has 0 aliphatic heterocycles. The predicted molar refractivity (Wildman–Crippen MR) is 37.7 cm³/mol. The van der Waals surface area contributed by atoms with Crippen molar-refractivity contribution >= 4 is 0 Å². The van der Waals surface area contributed by atoms with Gasteiger partial charge in [0.15, 0.2) is 0 Å². The van der Waals surface area contributed by atoms with Gasteiger partial charge in [0.05, 0.1) is 0 Å². The highest BCUT2D eigenvalue weighted by Crippen LogP contribution is 1.96. The molecule has 1 N–H and O–H groups in total. The van der Waals surface area contributed by atoms with Crippen molar-refractivity contribution in [3.63, 3.8) is 0 Å². The molecule has 0 spiro atoms.